The summed E-state index contributed by atoms with van der Waals surface area (Å²) in [6.45, 7) is 5.37. The third-order valence-corrected chi connectivity index (χ3v) is 4.73. The van der Waals surface area contributed by atoms with Gasteiger partial charge in [0.2, 0.25) is 5.91 Å². The van der Waals surface area contributed by atoms with Crippen molar-refractivity contribution >= 4 is 18.5 Å². The molecule has 0 saturated heterocycles. The lowest BCUT2D eigenvalue weighted by Gasteiger charge is -2.32. The highest BCUT2D eigenvalue weighted by Crippen LogP contribution is 2.33. The van der Waals surface area contributed by atoms with E-state index in [1.165, 1.54) is 5.56 Å². The van der Waals surface area contributed by atoms with Crippen LogP contribution in [0.3, 0.4) is 0 Å². The van der Waals surface area contributed by atoms with E-state index in [2.05, 4.69) is 12.6 Å². The molecule has 21 heavy (non-hydrogen) atoms. The van der Waals surface area contributed by atoms with E-state index in [0.29, 0.717) is 12.3 Å². The number of nitrogens with zero attached hydrogens (tertiary/aromatic N) is 1. The molecule has 0 fully saturated rings. The van der Waals surface area contributed by atoms with Crippen LogP contribution in [-0.4, -0.2) is 36.8 Å². The Balaban J connectivity index is 2.22. The second-order valence-corrected chi connectivity index (χ2v) is 6.23. The first-order valence-electron chi connectivity index (χ1n) is 7.18. The van der Waals surface area contributed by atoms with Gasteiger partial charge in [0.25, 0.3) is 0 Å². The van der Waals surface area contributed by atoms with Crippen molar-refractivity contribution in [2.45, 2.75) is 32.1 Å². The van der Waals surface area contributed by atoms with E-state index in [4.69, 9.17) is 9.47 Å². The number of methoxy groups -OCH3 is 2. The van der Waals surface area contributed by atoms with Gasteiger partial charge in [0.15, 0.2) is 11.5 Å². The lowest BCUT2D eigenvalue weighted by molar-refractivity contribution is -0.132. The average Bonchev–Trinajstić information content (AvgIpc) is 2.51. The van der Waals surface area contributed by atoms with Crippen LogP contribution in [0, 0.1) is 5.92 Å². The van der Waals surface area contributed by atoms with Crippen molar-refractivity contribution in [3.05, 3.63) is 23.3 Å². The molecule has 1 aromatic rings. The van der Waals surface area contributed by atoms with Gasteiger partial charge in [-0.05, 0) is 35.6 Å². The molecule has 0 aliphatic carbocycles. The van der Waals surface area contributed by atoms with Crippen LogP contribution in [0.25, 0.3) is 0 Å². The largest absolute Gasteiger partial charge is 0.493 e. The zero-order valence-electron chi connectivity index (χ0n) is 13.0. The van der Waals surface area contributed by atoms with Gasteiger partial charge < -0.3 is 14.4 Å². The average molecular weight is 309 g/mol. The van der Waals surface area contributed by atoms with Crippen molar-refractivity contribution in [1.82, 2.24) is 4.90 Å². The van der Waals surface area contributed by atoms with Gasteiger partial charge in [-0.3, -0.25) is 4.79 Å². The van der Waals surface area contributed by atoms with E-state index in [1.54, 1.807) is 14.2 Å². The smallest absolute Gasteiger partial charge is 0.235 e. The number of hydrogen-bond acceptors (Lipinski definition) is 4. The number of rotatable bonds is 4. The summed E-state index contributed by atoms with van der Waals surface area (Å²) in [6.07, 6.45) is 0.833. The maximum absolute atomic E-state index is 12.4. The first-order valence-corrected chi connectivity index (χ1v) is 7.70. The molecule has 0 aromatic heterocycles. The standard InChI is InChI=1S/C16H23NO3S/c1-10(2)15(21)16(18)17-6-5-11-7-13(19-3)14(20-4)8-12(11)9-17/h7-8,10,15,21H,5-6,9H2,1-4H3. The minimum absolute atomic E-state index is 0.105. The Morgan fingerprint density at radius 2 is 1.76 bits per heavy atom. The minimum Gasteiger partial charge on any atom is -0.493 e. The Hall–Kier alpha value is -1.36. The van der Waals surface area contributed by atoms with E-state index >= 15 is 0 Å². The molecule has 1 aliphatic rings. The van der Waals surface area contributed by atoms with Gasteiger partial charge in [-0.15, -0.1) is 0 Å². The van der Waals surface area contributed by atoms with Crippen LogP contribution in [0.2, 0.25) is 0 Å². The summed E-state index contributed by atoms with van der Waals surface area (Å²) >= 11 is 4.43. The number of thiol groups is 1. The van der Waals surface area contributed by atoms with Crippen LogP contribution in [-0.2, 0) is 17.8 Å². The van der Waals surface area contributed by atoms with Crippen molar-refractivity contribution < 1.29 is 14.3 Å². The number of carbonyl (C=O) groups excluding carboxylic acids is 1. The van der Waals surface area contributed by atoms with Gasteiger partial charge in [-0.1, -0.05) is 13.8 Å². The summed E-state index contributed by atoms with van der Waals surface area (Å²) in [5.41, 5.74) is 2.34. The summed E-state index contributed by atoms with van der Waals surface area (Å²) in [7, 11) is 3.26. The van der Waals surface area contributed by atoms with E-state index in [1.807, 2.05) is 30.9 Å². The van der Waals surface area contributed by atoms with E-state index in [0.717, 1.165) is 24.3 Å². The molecular formula is C16H23NO3S. The van der Waals surface area contributed by atoms with E-state index in [9.17, 15) is 4.79 Å². The van der Waals surface area contributed by atoms with Gasteiger partial charge in [0.1, 0.15) is 0 Å². The molecule has 116 valence electrons. The number of hydrogen-bond donors (Lipinski definition) is 1. The van der Waals surface area contributed by atoms with Crippen LogP contribution in [0.1, 0.15) is 25.0 Å². The molecule has 0 spiro atoms. The predicted octanol–water partition coefficient (Wildman–Crippen LogP) is 2.54. The number of ether oxygens (including phenoxy) is 2. The van der Waals surface area contributed by atoms with Crippen LogP contribution in [0.5, 0.6) is 11.5 Å². The number of amides is 1. The fourth-order valence-corrected chi connectivity index (χ4v) is 2.71. The molecule has 0 radical (unpaired) electrons. The second-order valence-electron chi connectivity index (χ2n) is 5.67. The fourth-order valence-electron chi connectivity index (χ4n) is 2.54. The fraction of sp³-hybridized carbons (Fsp3) is 0.562. The third kappa shape index (κ3) is 3.28. The first kappa shape index (κ1) is 16.0. The van der Waals surface area contributed by atoms with Crippen molar-refractivity contribution in [3.63, 3.8) is 0 Å². The molecule has 0 saturated carbocycles. The quantitative estimate of drug-likeness (QED) is 0.869. The highest BCUT2D eigenvalue weighted by atomic mass is 32.1. The third-order valence-electron chi connectivity index (χ3n) is 3.91. The number of benzene rings is 1. The Bertz CT molecular complexity index is 530. The Morgan fingerprint density at radius 1 is 1.19 bits per heavy atom. The Kier molecular flexibility index (Phi) is 5.04. The Labute approximate surface area is 131 Å². The maximum Gasteiger partial charge on any atom is 0.235 e. The summed E-state index contributed by atoms with van der Waals surface area (Å²) < 4.78 is 10.7. The van der Waals surface area contributed by atoms with E-state index < -0.39 is 0 Å². The normalized spacial score (nSPS) is 15.6. The predicted molar refractivity (Wildman–Crippen MR) is 86.3 cm³/mol. The van der Waals surface area contributed by atoms with E-state index in [-0.39, 0.29) is 17.1 Å². The lowest BCUT2D eigenvalue weighted by Crippen LogP contribution is -2.42. The van der Waals surface area contributed by atoms with Crippen molar-refractivity contribution in [3.8, 4) is 11.5 Å². The first-order chi connectivity index (χ1) is 9.97. The zero-order valence-corrected chi connectivity index (χ0v) is 13.9. The molecule has 1 aromatic carbocycles. The van der Waals surface area contributed by atoms with Crippen LogP contribution in [0.15, 0.2) is 12.1 Å². The Morgan fingerprint density at radius 3 is 2.29 bits per heavy atom. The van der Waals surface area contributed by atoms with Crippen LogP contribution in [0.4, 0.5) is 0 Å². The number of carbonyl (C=O) groups is 1. The minimum atomic E-state index is -0.244. The van der Waals surface area contributed by atoms with Crippen LogP contribution < -0.4 is 9.47 Å². The van der Waals surface area contributed by atoms with Gasteiger partial charge >= 0.3 is 0 Å². The molecule has 2 rings (SSSR count). The SMILES string of the molecule is COc1cc2c(cc1OC)CN(C(=O)C(S)C(C)C)CC2. The summed E-state index contributed by atoms with van der Waals surface area (Å²) in [6, 6.07) is 3.98. The van der Waals surface area contributed by atoms with Gasteiger partial charge in [-0.2, -0.15) is 12.6 Å². The second kappa shape index (κ2) is 6.60. The zero-order chi connectivity index (χ0) is 15.6. The van der Waals surface area contributed by atoms with Crippen LogP contribution >= 0.6 is 12.6 Å². The molecule has 0 N–H and O–H groups in total. The molecule has 0 bridgehead atoms. The van der Waals surface area contributed by atoms with Crippen molar-refractivity contribution in [2.75, 3.05) is 20.8 Å². The molecule has 1 atom stereocenters. The highest BCUT2D eigenvalue weighted by Gasteiger charge is 2.27. The summed E-state index contributed by atoms with van der Waals surface area (Å²) in [5.74, 6) is 1.78. The summed E-state index contributed by atoms with van der Waals surface area (Å²) in [4.78, 5) is 14.3. The van der Waals surface area contributed by atoms with Gasteiger partial charge in [0, 0.05) is 13.1 Å². The topological polar surface area (TPSA) is 38.8 Å². The van der Waals surface area contributed by atoms with Crippen molar-refractivity contribution in [2.24, 2.45) is 5.92 Å². The highest BCUT2D eigenvalue weighted by molar-refractivity contribution is 7.81. The molecule has 1 heterocycles. The summed E-state index contributed by atoms with van der Waals surface area (Å²) in [5, 5.41) is -0.244. The van der Waals surface area contributed by atoms with Crippen molar-refractivity contribution in [1.29, 1.82) is 0 Å². The molecule has 1 aliphatic heterocycles. The monoisotopic (exact) mass is 309 g/mol. The molecule has 5 heteroatoms. The van der Waals surface area contributed by atoms with Gasteiger partial charge in [0.05, 0.1) is 19.5 Å². The lowest BCUT2D eigenvalue weighted by atomic mass is 9.98. The molecule has 1 unspecified atom stereocenters. The molecule has 4 nitrogen and oxygen atoms in total. The molecule has 1 amide bonds. The number of fused-ring (bicyclic) bond motifs is 1. The maximum atomic E-state index is 12.4. The molecular weight excluding hydrogens is 286 g/mol. The van der Waals surface area contributed by atoms with Gasteiger partial charge in [-0.25, -0.2) is 0 Å².